The van der Waals surface area contributed by atoms with Gasteiger partial charge in [0.05, 0.1) is 5.75 Å². The molecule has 1 aromatic heterocycles. The van der Waals surface area contributed by atoms with Crippen molar-refractivity contribution in [2.24, 2.45) is 4.99 Å². The van der Waals surface area contributed by atoms with Crippen molar-refractivity contribution in [2.75, 3.05) is 16.4 Å². The third-order valence-electron chi connectivity index (χ3n) is 4.32. The lowest BCUT2D eigenvalue weighted by Gasteiger charge is -2.21. The van der Waals surface area contributed by atoms with Crippen LogP contribution in [0, 0.1) is 13.8 Å². The summed E-state index contributed by atoms with van der Waals surface area (Å²) in [6.45, 7) is 8.33. The second-order valence-corrected chi connectivity index (χ2v) is 8.64. The summed E-state index contributed by atoms with van der Waals surface area (Å²) >= 11 is 3.38. The summed E-state index contributed by atoms with van der Waals surface area (Å²) in [6.07, 6.45) is 1.88. The molecule has 0 saturated carbocycles. The highest BCUT2D eigenvalue weighted by Gasteiger charge is 2.24. The average molecular weight is 388 g/mol. The number of benzene rings is 1. The maximum Gasteiger partial charge on any atom is 0.234 e. The lowest BCUT2D eigenvalue weighted by atomic mass is 10.1. The molecule has 2 aromatic rings. The molecule has 1 aliphatic heterocycles. The summed E-state index contributed by atoms with van der Waals surface area (Å²) in [7, 11) is 0. The topological polar surface area (TPSA) is 53.5 Å². The molecule has 2 N–H and O–H groups in total. The van der Waals surface area contributed by atoms with Gasteiger partial charge in [-0.2, -0.15) is 0 Å². The Hall–Kier alpha value is -1.79. The second-order valence-electron chi connectivity index (χ2n) is 6.43. The number of thiophene rings is 1. The lowest BCUT2D eigenvalue weighted by molar-refractivity contribution is -0.113. The average Bonchev–Trinajstić information content (AvgIpc) is 3.05. The van der Waals surface area contributed by atoms with Crippen LogP contribution in [-0.2, 0) is 11.2 Å². The summed E-state index contributed by atoms with van der Waals surface area (Å²) in [5, 5.41) is 7.62. The summed E-state index contributed by atoms with van der Waals surface area (Å²) in [5.74, 6) is 1.39. The molecule has 0 aliphatic carbocycles. The third-order valence-corrected chi connectivity index (χ3v) is 6.63. The van der Waals surface area contributed by atoms with E-state index in [0.717, 1.165) is 29.9 Å². The summed E-state index contributed by atoms with van der Waals surface area (Å²) in [6, 6.07) is 8.29. The van der Waals surface area contributed by atoms with Crippen LogP contribution >= 0.6 is 23.1 Å². The van der Waals surface area contributed by atoms with Crippen molar-refractivity contribution in [3.63, 3.8) is 0 Å². The highest BCUT2D eigenvalue weighted by Crippen LogP contribution is 2.43. The number of rotatable bonds is 6. The number of amides is 1. The van der Waals surface area contributed by atoms with Crippen molar-refractivity contribution in [1.82, 2.24) is 0 Å². The molecule has 4 nitrogen and oxygen atoms in total. The Morgan fingerprint density at radius 2 is 2.08 bits per heavy atom. The number of hydrogen-bond acceptors (Lipinski definition) is 5. The fraction of sp³-hybridized carbons (Fsp3) is 0.400. The van der Waals surface area contributed by atoms with Crippen molar-refractivity contribution < 1.29 is 4.79 Å². The minimum absolute atomic E-state index is 0.0115. The van der Waals surface area contributed by atoms with Gasteiger partial charge in [-0.1, -0.05) is 31.5 Å². The zero-order valence-electron chi connectivity index (χ0n) is 15.7. The minimum Gasteiger partial charge on any atom is -0.335 e. The summed E-state index contributed by atoms with van der Waals surface area (Å²) in [5.41, 5.74) is 4.37. The van der Waals surface area contributed by atoms with Gasteiger partial charge in [-0.05, 0) is 38.0 Å². The smallest absolute Gasteiger partial charge is 0.234 e. The van der Waals surface area contributed by atoms with Crippen LogP contribution in [0.15, 0.2) is 29.3 Å². The maximum absolute atomic E-state index is 12.4. The number of amidine groups is 1. The number of nitrogens with zero attached hydrogens (tertiary/aromatic N) is 1. The van der Waals surface area contributed by atoms with Gasteiger partial charge in [0.25, 0.3) is 0 Å². The Kier molecular flexibility index (Phi) is 6.04. The zero-order chi connectivity index (χ0) is 18.7. The van der Waals surface area contributed by atoms with Gasteiger partial charge in [-0.25, -0.2) is 0 Å². The first-order chi connectivity index (χ1) is 12.5. The zero-order valence-corrected chi connectivity index (χ0v) is 17.3. The number of fused-ring (bicyclic) bond motifs is 1. The first-order valence-electron chi connectivity index (χ1n) is 8.95. The van der Waals surface area contributed by atoms with E-state index in [1.54, 1.807) is 23.1 Å². The van der Waals surface area contributed by atoms with Gasteiger partial charge in [0.15, 0.2) is 0 Å². The molecule has 1 amide bonds. The van der Waals surface area contributed by atoms with Crippen molar-refractivity contribution in [3.8, 4) is 0 Å². The van der Waals surface area contributed by atoms with Crippen molar-refractivity contribution in [3.05, 3.63) is 45.8 Å². The third kappa shape index (κ3) is 4.30. The van der Waals surface area contributed by atoms with E-state index in [1.165, 1.54) is 21.0 Å². The molecule has 1 atom stereocenters. The van der Waals surface area contributed by atoms with Gasteiger partial charge in [-0.15, -0.1) is 23.1 Å². The van der Waals surface area contributed by atoms with Gasteiger partial charge in [0.2, 0.25) is 5.91 Å². The number of thioether (sulfide) groups is 1. The molecule has 0 spiro atoms. The summed E-state index contributed by atoms with van der Waals surface area (Å²) in [4.78, 5) is 18.6. The van der Waals surface area contributed by atoms with Gasteiger partial charge >= 0.3 is 0 Å². The molecule has 0 fully saturated rings. The van der Waals surface area contributed by atoms with Gasteiger partial charge < -0.3 is 10.6 Å². The standard InChI is InChI=1S/C20H25N3OS2/c1-5-14-10-15-19(22-17(6-2)23-20(15)26-14)25-11-18(24)21-16-8-7-12(3)9-13(16)4/h7-10,19H,5-6,11H2,1-4H3,(H,21,24)(H,22,23). The largest absolute Gasteiger partial charge is 0.335 e. The predicted molar refractivity (Wildman–Crippen MR) is 115 cm³/mol. The monoisotopic (exact) mass is 387 g/mol. The van der Waals surface area contributed by atoms with Crippen LogP contribution in [0.1, 0.15) is 47.2 Å². The molecule has 1 aliphatic rings. The number of carbonyl (C=O) groups is 1. The Morgan fingerprint density at radius 3 is 2.77 bits per heavy atom. The van der Waals surface area contributed by atoms with Crippen LogP contribution in [0.25, 0.3) is 0 Å². The molecular weight excluding hydrogens is 362 g/mol. The molecule has 3 rings (SSSR count). The molecule has 2 heterocycles. The van der Waals surface area contributed by atoms with E-state index in [2.05, 4.69) is 43.5 Å². The number of nitrogens with one attached hydrogen (secondary N) is 2. The fourth-order valence-electron chi connectivity index (χ4n) is 2.89. The molecule has 1 unspecified atom stereocenters. The highest BCUT2D eigenvalue weighted by molar-refractivity contribution is 8.00. The van der Waals surface area contributed by atoms with Gasteiger partial charge in [0.1, 0.15) is 16.2 Å². The normalized spacial score (nSPS) is 15.8. The molecule has 1 aromatic carbocycles. The minimum atomic E-state index is -0.0115. The van der Waals surface area contributed by atoms with Crippen LogP contribution < -0.4 is 10.6 Å². The molecule has 0 radical (unpaired) electrons. The Bertz CT molecular complexity index is 842. The van der Waals surface area contributed by atoms with Crippen LogP contribution in [0.5, 0.6) is 0 Å². The molecular formula is C20H25N3OS2. The SMILES string of the molecule is CCC1=NC(SCC(=O)Nc2ccc(C)cc2C)c2cc(CC)sc2N1. The Balaban J connectivity index is 1.67. The first kappa shape index (κ1) is 19.0. The number of aryl methyl sites for hydroxylation is 3. The molecule has 0 saturated heterocycles. The Labute approximate surface area is 163 Å². The fourth-order valence-corrected chi connectivity index (χ4v) is 4.96. The van der Waals surface area contributed by atoms with E-state index in [1.807, 2.05) is 19.1 Å². The number of carbonyl (C=O) groups excluding carboxylic acids is 1. The van der Waals surface area contributed by atoms with E-state index < -0.39 is 0 Å². The van der Waals surface area contributed by atoms with Crippen molar-refractivity contribution in [2.45, 2.75) is 45.9 Å². The van der Waals surface area contributed by atoms with Crippen molar-refractivity contribution in [1.29, 1.82) is 0 Å². The van der Waals surface area contributed by atoms with Crippen molar-refractivity contribution >= 4 is 45.5 Å². The highest BCUT2D eigenvalue weighted by atomic mass is 32.2. The van der Waals surface area contributed by atoms with Gasteiger partial charge in [-0.3, -0.25) is 9.79 Å². The van der Waals surface area contributed by atoms with E-state index in [9.17, 15) is 4.79 Å². The van der Waals surface area contributed by atoms with Gasteiger partial charge in [0, 0.05) is 22.5 Å². The first-order valence-corrected chi connectivity index (χ1v) is 10.8. The maximum atomic E-state index is 12.4. The van der Waals surface area contributed by atoms with E-state index in [4.69, 9.17) is 4.99 Å². The van der Waals surface area contributed by atoms with E-state index in [0.29, 0.717) is 5.75 Å². The number of anilines is 2. The van der Waals surface area contributed by atoms with E-state index in [-0.39, 0.29) is 11.3 Å². The van der Waals surface area contributed by atoms with Crippen LogP contribution in [0.3, 0.4) is 0 Å². The van der Waals surface area contributed by atoms with E-state index >= 15 is 0 Å². The summed E-state index contributed by atoms with van der Waals surface area (Å²) < 4.78 is 0. The van der Waals surface area contributed by atoms with Crippen LogP contribution in [0.2, 0.25) is 0 Å². The molecule has 26 heavy (non-hydrogen) atoms. The molecule has 6 heteroatoms. The molecule has 138 valence electrons. The predicted octanol–water partition coefficient (Wildman–Crippen LogP) is 5.53. The second kappa shape index (κ2) is 8.27. The number of aliphatic imine (C=N–C) groups is 1. The van der Waals surface area contributed by atoms with Crippen LogP contribution in [0.4, 0.5) is 10.7 Å². The Morgan fingerprint density at radius 1 is 1.27 bits per heavy atom. The quantitative estimate of drug-likeness (QED) is 0.685. The van der Waals surface area contributed by atoms with Crippen LogP contribution in [-0.4, -0.2) is 17.5 Å². The lowest BCUT2D eigenvalue weighted by Crippen LogP contribution is -2.19. The molecule has 0 bridgehead atoms. The number of hydrogen-bond donors (Lipinski definition) is 2.